The molecule has 0 aromatic heterocycles. The summed E-state index contributed by atoms with van der Waals surface area (Å²) in [4.78, 5) is -0.139. The fourth-order valence-corrected chi connectivity index (χ4v) is 3.38. The summed E-state index contributed by atoms with van der Waals surface area (Å²) in [6.45, 7) is 0. The standard InChI is InChI=1S/C12H10Cl2N2O3S/c13-7-1-4-12(9(14)5-7)20(18,19)16-10-3-2-8(15)6-11(10)17/h1-6,16-17H,15H2. The molecule has 2 aromatic carbocycles. The molecule has 0 atom stereocenters. The minimum Gasteiger partial charge on any atom is -0.506 e. The Bertz CT molecular complexity index is 763. The molecule has 0 bridgehead atoms. The second kappa shape index (κ2) is 5.40. The molecule has 0 aliphatic heterocycles. The molecule has 0 aliphatic rings. The highest BCUT2D eigenvalue weighted by Crippen LogP contribution is 2.30. The molecule has 2 aromatic rings. The highest BCUT2D eigenvalue weighted by molar-refractivity contribution is 7.92. The average molecular weight is 333 g/mol. The van der Waals surface area contributed by atoms with Gasteiger partial charge in [-0.05, 0) is 30.3 Å². The van der Waals surface area contributed by atoms with Crippen LogP contribution in [0.2, 0.25) is 10.0 Å². The van der Waals surface area contributed by atoms with E-state index < -0.39 is 10.0 Å². The number of halogens is 2. The molecule has 20 heavy (non-hydrogen) atoms. The molecular weight excluding hydrogens is 323 g/mol. The van der Waals surface area contributed by atoms with Gasteiger partial charge in [-0.3, -0.25) is 4.72 Å². The topological polar surface area (TPSA) is 92.4 Å². The summed E-state index contributed by atoms with van der Waals surface area (Å²) in [6, 6.07) is 8.06. The number of nitrogens with two attached hydrogens (primary N) is 1. The zero-order valence-corrected chi connectivity index (χ0v) is 12.3. The average Bonchev–Trinajstić information content (AvgIpc) is 2.32. The Morgan fingerprint density at radius 2 is 1.80 bits per heavy atom. The largest absolute Gasteiger partial charge is 0.506 e. The van der Waals surface area contributed by atoms with Crippen molar-refractivity contribution in [2.24, 2.45) is 0 Å². The molecule has 0 radical (unpaired) electrons. The normalized spacial score (nSPS) is 11.3. The smallest absolute Gasteiger partial charge is 0.263 e. The highest BCUT2D eigenvalue weighted by Gasteiger charge is 2.19. The van der Waals surface area contributed by atoms with Gasteiger partial charge in [0.2, 0.25) is 0 Å². The maximum Gasteiger partial charge on any atom is 0.263 e. The summed E-state index contributed by atoms with van der Waals surface area (Å²) >= 11 is 11.6. The molecule has 0 saturated carbocycles. The van der Waals surface area contributed by atoms with E-state index in [1.807, 2.05) is 0 Å². The zero-order chi connectivity index (χ0) is 14.9. The van der Waals surface area contributed by atoms with Crippen molar-refractivity contribution in [2.75, 3.05) is 10.5 Å². The van der Waals surface area contributed by atoms with Gasteiger partial charge in [-0.15, -0.1) is 0 Å². The summed E-state index contributed by atoms with van der Waals surface area (Å²) < 4.78 is 26.6. The van der Waals surface area contributed by atoms with Crippen molar-refractivity contribution in [2.45, 2.75) is 4.90 Å². The Morgan fingerprint density at radius 1 is 1.10 bits per heavy atom. The van der Waals surface area contributed by atoms with Crippen molar-refractivity contribution < 1.29 is 13.5 Å². The SMILES string of the molecule is Nc1ccc(NS(=O)(=O)c2ccc(Cl)cc2Cl)c(O)c1. The number of rotatable bonds is 3. The van der Waals surface area contributed by atoms with Gasteiger partial charge >= 0.3 is 0 Å². The van der Waals surface area contributed by atoms with Crippen LogP contribution in [-0.2, 0) is 10.0 Å². The maximum absolute atomic E-state index is 12.2. The third-order valence-electron chi connectivity index (χ3n) is 2.45. The molecule has 106 valence electrons. The van der Waals surface area contributed by atoms with Crippen molar-refractivity contribution in [1.82, 2.24) is 0 Å². The van der Waals surface area contributed by atoms with Crippen LogP contribution in [0.15, 0.2) is 41.3 Å². The number of hydrogen-bond acceptors (Lipinski definition) is 4. The van der Waals surface area contributed by atoms with Crippen LogP contribution in [-0.4, -0.2) is 13.5 Å². The lowest BCUT2D eigenvalue weighted by molar-refractivity contribution is 0.478. The van der Waals surface area contributed by atoms with Gasteiger partial charge in [0.1, 0.15) is 10.6 Å². The fourth-order valence-electron chi connectivity index (χ4n) is 1.53. The molecular formula is C12H10Cl2N2O3S. The Labute approximate surface area is 126 Å². The van der Waals surface area contributed by atoms with Crippen LogP contribution in [0.4, 0.5) is 11.4 Å². The summed E-state index contributed by atoms with van der Waals surface area (Å²) in [6.07, 6.45) is 0. The van der Waals surface area contributed by atoms with Crippen LogP contribution in [0.3, 0.4) is 0 Å². The number of sulfonamides is 1. The van der Waals surface area contributed by atoms with E-state index in [9.17, 15) is 13.5 Å². The third-order valence-corrected chi connectivity index (χ3v) is 4.53. The predicted octanol–water partition coefficient (Wildman–Crippen LogP) is 3.08. The molecule has 2 rings (SSSR count). The van der Waals surface area contributed by atoms with Gasteiger partial charge in [0.15, 0.2) is 0 Å². The van der Waals surface area contributed by atoms with Gasteiger partial charge < -0.3 is 10.8 Å². The lowest BCUT2D eigenvalue weighted by Crippen LogP contribution is -2.13. The van der Waals surface area contributed by atoms with Gasteiger partial charge in [0.05, 0.1) is 10.7 Å². The summed E-state index contributed by atoms with van der Waals surface area (Å²) in [5.41, 5.74) is 5.79. The first-order valence-corrected chi connectivity index (χ1v) is 7.60. The lowest BCUT2D eigenvalue weighted by Gasteiger charge is -2.11. The first-order valence-electron chi connectivity index (χ1n) is 5.36. The number of nitrogens with one attached hydrogen (secondary N) is 1. The van der Waals surface area contributed by atoms with Crippen LogP contribution >= 0.6 is 23.2 Å². The number of anilines is 2. The van der Waals surface area contributed by atoms with E-state index in [0.717, 1.165) is 0 Å². The Kier molecular flexibility index (Phi) is 3.99. The molecule has 0 heterocycles. The van der Waals surface area contributed by atoms with Crippen molar-refractivity contribution in [3.63, 3.8) is 0 Å². The number of benzene rings is 2. The monoisotopic (exact) mass is 332 g/mol. The van der Waals surface area contributed by atoms with Crippen LogP contribution in [0.25, 0.3) is 0 Å². The van der Waals surface area contributed by atoms with Crippen molar-refractivity contribution in [1.29, 1.82) is 0 Å². The molecule has 0 aliphatic carbocycles. The van der Waals surface area contributed by atoms with Crippen molar-refractivity contribution in [3.05, 3.63) is 46.4 Å². The van der Waals surface area contributed by atoms with E-state index in [4.69, 9.17) is 28.9 Å². The summed E-state index contributed by atoms with van der Waals surface area (Å²) in [5.74, 6) is -0.279. The van der Waals surface area contributed by atoms with Crippen LogP contribution in [0, 0.1) is 0 Å². The second-order valence-corrected chi connectivity index (χ2v) is 6.45. The number of phenols is 1. The van der Waals surface area contributed by atoms with Gasteiger partial charge in [0.25, 0.3) is 10.0 Å². The quantitative estimate of drug-likeness (QED) is 0.594. The Balaban J connectivity index is 2.41. The predicted molar refractivity (Wildman–Crippen MR) is 79.8 cm³/mol. The summed E-state index contributed by atoms with van der Waals surface area (Å²) in [5, 5.41) is 9.96. The third kappa shape index (κ3) is 3.09. The highest BCUT2D eigenvalue weighted by atomic mass is 35.5. The molecule has 4 N–H and O–H groups in total. The van der Waals surface area contributed by atoms with E-state index in [1.165, 1.54) is 36.4 Å². The number of nitrogen functional groups attached to an aromatic ring is 1. The zero-order valence-electron chi connectivity index (χ0n) is 9.97. The van der Waals surface area contributed by atoms with E-state index in [1.54, 1.807) is 0 Å². The molecule has 0 spiro atoms. The van der Waals surface area contributed by atoms with Gasteiger partial charge in [-0.25, -0.2) is 8.42 Å². The van der Waals surface area contributed by atoms with Gasteiger partial charge in [-0.2, -0.15) is 0 Å². The van der Waals surface area contributed by atoms with E-state index in [-0.39, 0.29) is 21.4 Å². The first-order chi connectivity index (χ1) is 9.29. The van der Waals surface area contributed by atoms with Gasteiger partial charge in [-0.1, -0.05) is 23.2 Å². The Morgan fingerprint density at radius 3 is 2.40 bits per heavy atom. The Hall–Kier alpha value is -1.63. The van der Waals surface area contributed by atoms with E-state index in [0.29, 0.717) is 10.7 Å². The van der Waals surface area contributed by atoms with Crippen LogP contribution in [0.1, 0.15) is 0 Å². The molecule has 0 fully saturated rings. The lowest BCUT2D eigenvalue weighted by atomic mass is 10.3. The number of aromatic hydroxyl groups is 1. The van der Waals surface area contributed by atoms with E-state index in [2.05, 4.69) is 4.72 Å². The fraction of sp³-hybridized carbons (Fsp3) is 0. The minimum atomic E-state index is -3.94. The minimum absolute atomic E-state index is 0.00483. The molecule has 0 saturated heterocycles. The van der Waals surface area contributed by atoms with Crippen molar-refractivity contribution in [3.8, 4) is 5.75 Å². The maximum atomic E-state index is 12.2. The molecule has 5 nitrogen and oxygen atoms in total. The number of phenolic OH excluding ortho intramolecular Hbond substituents is 1. The van der Waals surface area contributed by atoms with Crippen molar-refractivity contribution >= 4 is 44.6 Å². The molecule has 8 heteroatoms. The number of hydrogen-bond donors (Lipinski definition) is 3. The molecule has 0 amide bonds. The first kappa shape index (κ1) is 14.8. The summed E-state index contributed by atoms with van der Waals surface area (Å²) in [7, 11) is -3.94. The van der Waals surface area contributed by atoms with Gasteiger partial charge in [0, 0.05) is 16.8 Å². The van der Waals surface area contributed by atoms with E-state index >= 15 is 0 Å². The van der Waals surface area contributed by atoms with Crippen LogP contribution < -0.4 is 10.5 Å². The second-order valence-electron chi connectivity index (χ2n) is 3.96. The van der Waals surface area contributed by atoms with Crippen LogP contribution in [0.5, 0.6) is 5.75 Å². The molecule has 0 unspecified atom stereocenters.